The standard InChI is InChI=1S/C13H24NOSi.C13H27.Sn/c1-9(2)16(10(3)4,11(5)6)13-14-12(7)8-15-13;1-4-7-10-13(11-8-5-2)12-9-6-3;/h9-11H,1-7H3;4-12H2,1-3H3;. The Morgan fingerprint density at radius 3 is 1.53 bits per heavy atom. The van der Waals surface area contributed by atoms with Crippen molar-refractivity contribution in [2.75, 3.05) is 0 Å². The van der Waals surface area contributed by atoms with Gasteiger partial charge in [0.05, 0.1) is 0 Å². The summed E-state index contributed by atoms with van der Waals surface area (Å²) in [4.78, 5) is 5.21. The Morgan fingerprint density at radius 1 is 0.800 bits per heavy atom. The quantitative estimate of drug-likeness (QED) is 0.211. The van der Waals surface area contributed by atoms with Gasteiger partial charge >= 0.3 is 201 Å². The molecule has 1 heterocycles. The Kier molecular flexibility index (Phi) is 12.3. The van der Waals surface area contributed by atoms with Gasteiger partial charge in [0.15, 0.2) is 0 Å². The molecule has 0 spiro atoms. The summed E-state index contributed by atoms with van der Waals surface area (Å²) in [6, 6.07) is 0. The molecule has 2 radical (unpaired) electrons. The first-order chi connectivity index (χ1) is 14.1. The van der Waals surface area contributed by atoms with E-state index in [1.54, 1.807) is 0 Å². The molecule has 0 saturated heterocycles. The predicted molar refractivity (Wildman–Crippen MR) is 139 cm³/mol. The van der Waals surface area contributed by atoms with Crippen LogP contribution < -0.4 is 9.29 Å². The zero-order chi connectivity index (χ0) is 22.9. The van der Waals surface area contributed by atoms with Gasteiger partial charge in [-0.2, -0.15) is 0 Å². The number of oxazole rings is 1. The molecule has 0 unspecified atom stereocenters. The molecular formula is C26H51NOSiSn. The van der Waals surface area contributed by atoms with Gasteiger partial charge in [-0.3, -0.25) is 0 Å². The molecule has 0 aliphatic carbocycles. The topological polar surface area (TPSA) is 26.0 Å². The average Bonchev–Trinajstić information content (AvgIpc) is 3.02. The van der Waals surface area contributed by atoms with Crippen LogP contribution in [0.1, 0.15) is 126 Å². The summed E-state index contributed by atoms with van der Waals surface area (Å²) in [5.74, 6) is 0. The van der Waals surface area contributed by atoms with Crippen molar-refractivity contribution in [3.05, 3.63) is 5.69 Å². The first kappa shape index (κ1) is 28.3. The Morgan fingerprint density at radius 2 is 1.20 bits per heavy atom. The van der Waals surface area contributed by atoms with Gasteiger partial charge in [0.2, 0.25) is 0 Å². The summed E-state index contributed by atoms with van der Waals surface area (Å²) in [6.07, 6.45) is 12.3. The van der Waals surface area contributed by atoms with Crippen LogP contribution in [0.4, 0.5) is 0 Å². The summed E-state index contributed by atoms with van der Waals surface area (Å²) in [5, 5.41) is 0. The van der Waals surface area contributed by atoms with Crippen LogP contribution in [-0.2, 0) is 0 Å². The van der Waals surface area contributed by atoms with E-state index in [0.29, 0.717) is 20.1 Å². The number of rotatable bonds is 15. The molecule has 0 fully saturated rings. The molecule has 1 rings (SSSR count). The number of hydrogen-bond acceptors (Lipinski definition) is 2. The van der Waals surface area contributed by atoms with Crippen molar-refractivity contribution >= 4 is 38.5 Å². The molecule has 2 nitrogen and oxygen atoms in total. The van der Waals surface area contributed by atoms with Gasteiger partial charge in [-0.15, -0.1) is 0 Å². The average molecular weight is 540 g/mol. The number of aromatic nitrogens is 1. The van der Waals surface area contributed by atoms with Crippen molar-refractivity contribution in [1.82, 2.24) is 4.98 Å². The van der Waals surface area contributed by atoms with Crippen molar-refractivity contribution < 1.29 is 4.42 Å². The number of nitrogens with zero attached hydrogens (tertiary/aromatic N) is 1. The van der Waals surface area contributed by atoms with Crippen LogP contribution in [-0.4, -0.2) is 34.2 Å². The number of hydrogen-bond donors (Lipinski definition) is 0. The van der Waals surface area contributed by atoms with E-state index >= 15 is 0 Å². The zero-order valence-electron chi connectivity index (χ0n) is 22.0. The second-order valence-corrected chi connectivity index (χ2v) is 21.3. The van der Waals surface area contributed by atoms with E-state index in [2.05, 4.69) is 69.2 Å². The van der Waals surface area contributed by atoms with Crippen LogP contribution >= 0.6 is 0 Å². The fraction of sp³-hybridized carbons (Fsp3) is 0.885. The van der Waals surface area contributed by atoms with Crippen LogP contribution in [0.2, 0.25) is 20.1 Å². The number of aryl methyl sites for hydroxylation is 1. The molecule has 1 aromatic heterocycles. The molecule has 174 valence electrons. The molecule has 0 aliphatic heterocycles. The van der Waals surface area contributed by atoms with Crippen LogP contribution in [0.3, 0.4) is 0 Å². The Hall–Kier alpha value is 0.226. The minimum absolute atomic E-state index is 0.560. The maximum absolute atomic E-state index is 6.89. The number of unbranched alkanes of at least 4 members (excludes halogenated alkanes) is 3. The van der Waals surface area contributed by atoms with Gasteiger partial charge in [-0.1, -0.05) is 0 Å². The summed E-state index contributed by atoms with van der Waals surface area (Å²) in [7, 11) is -1.82. The Labute approximate surface area is 200 Å². The summed E-state index contributed by atoms with van der Waals surface area (Å²) < 4.78 is 8.82. The van der Waals surface area contributed by atoms with E-state index in [1.807, 2.05) is 0 Å². The molecule has 1 aromatic rings. The van der Waals surface area contributed by atoms with E-state index in [4.69, 9.17) is 9.40 Å². The molecule has 0 N–H and O–H groups in total. The molecule has 30 heavy (non-hydrogen) atoms. The van der Waals surface area contributed by atoms with Crippen molar-refractivity contribution in [3.63, 3.8) is 0 Å². The molecule has 0 aliphatic rings. The van der Waals surface area contributed by atoms with Crippen molar-refractivity contribution in [1.29, 1.82) is 0 Å². The van der Waals surface area contributed by atoms with E-state index in [-0.39, 0.29) is 0 Å². The monoisotopic (exact) mass is 541 g/mol. The fourth-order valence-electron chi connectivity index (χ4n) is 5.79. The normalized spacial score (nSPS) is 13.2. The SMILES string of the molecule is CCCC[C](CCCC)(CCCC)[Sn][c]1oc([Si](C(C)C)(C(C)C)C(C)C)nc1C. The van der Waals surface area contributed by atoms with Gasteiger partial charge in [0.1, 0.15) is 0 Å². The van der Waals surface area contributed by atoms with Gasteiger partial charge in [-0.05, 0) is 0 Å². The second-order valence-electron chi connectivity index (χ2n) is 10.5. The van der Waals surface area contributed by atoms with Crippen LogP contribution in [0, 0.1) is 6.92 Å². The van der Waals surface area contributed by atoms with Crippen LogP contribution in [0.25, 0.3) is 0 Å². The molecule has 0 atom stereocenters. The molecular weight excluding hydrogens is 489 g/mol. The summed E-state index contributed by atoms with van der Waals surface area (Å²) >= 11 is -0.870. The van der Waals surface area contributed by atoms with Gasteiger partial charge < -0.3 is 0 Å². The molecule has 0 saturated carbocycles. The zero-order valence-corrected chi connectivity index (χ0v) is 25.8. The molecule has 0 bridgehead atoms. The molecule has 0 aromatic carbocycles. The molecule has 0 amide bonds. The third kappa shape index (κ3) is 6.62. The van der Waals surface area contributed by atoms with E-state index in [0.717, 1.165) is 0 Å². The van der Waals surface area contributed by atoms with Crippen molar-refractivity contribution in [3.8, 4) is 0 Å². The minimum atomic E-state index is -1.82. The Balaban J connectivity index is 3.39. The van der Waals surface area contributed by atoms with E-state index in [9.17, 15) is 0 Å². The van der Waals surface area contributed by atoms with E-state index in [1.165, 1.54) is 72.8 Å². The van der Waals surface area contributed by atoms with Gasteiger partial charge in [-0.25, -0.2) is 0 Å². The maximum atomic E-state index is 6.89. The predicted octanol–water partition coefficient (Wildman–Crippen LogP) is 7.93. The third-order valence-electron chi connectivity index (χ3n) is 7.44. The first-order valence-corrected chi connectivity index (χ1v) is 18.0. The van der Waals surface area contributed by atoms with Crippen LogP contribution in [0.15, 0.2) is 4.42 Å². The first-order valence-electron chi connectivity index (χ1n) is 12.9. The third-order valence-corrected chi connectivity index (χ3v) is 19.8. The van der Waals surface area contributed by atoms with Crippen molar-refractivity contribution in [2.24, 2.45) is 0 Å². The summed E-state index contributed by atoms with van der Waals surface area (Å²) in [5.41, 5.74) is 4.37. The van der Waals surface area contributed by atoms with Crippen molar-refractivity contribution in [2.45, 2.75) is 147 Å². The van der Waals surface area contributed by atoms with E-state index < -0.39 is 29.2 Å². The summed E-state index contributed by atoms with van der Waals surface area (Å²) in [6.45, 7) is 23.8. The molecule has 4 heteroatoms. The van der Waals surface area contributed by atoms with Crippen LogP contribution in [0.5, 0.6) is 0 Å². The van der Waals surface area contributed by atoms with Gasteiger partial charge in [0, 0.05) is 0 Å². The fourth-order valence-corrected chi connectivity index (χ4v) is 17.3. The second kappa shape index (κ2) is 13.1. The Bertz CT molecular complexity index is 565. The van der Waals surface area contributed by atoms with Gasteiger partial charge in [0.25, 0.3) is 0 Å².